The summed E-state index contributed by atoms with van der Waals surface area (Å²) >= 11 is -0.969. The van der Waals surface area contributed by atoms with E-state index in [-0.39, 0.29) is 0 Å². The van der Waals surface area contributed by atoms with Crippen molar-refractivity contribution in [2.45, 2.75) is 19.8 Å². The standard InChI is InChI=1S/C4H9O.Al.O/c1-2-3-4-5;;/h2-4H2,1H3;;/q-1;+1;. The van der Waals surface area contributed by atoms with Crippen LogP contribution in [0.4, 0.5) is 0 Å². The molecule has 0 aromatic heterocycles. The monoisotopic (exact) mass is 116 g/mol. The molecule has 0 aliphatic heterocycles. The van der Waals surface area contributed by atoms with Gasteiger partial charge in [-0.15, -0.1) is 0 Å². The summed E-state index contributed by atoms with van der Waals surface area (Å²) in [5.41, 5.74) is 0. The molecule has 0 aromatic rings. The number of rotatable bonds is 4. The van der Waals surface area contributed by atoms with Gasteiger partial charge in [0, 0.05) is 0 Å². The van der Waals surface area contributed by atoms with E-state index >= 15 is 0 Å². The van der Waals surface area contributed by atoms with Gasteiger partial charge in [0.05, 0.1) is 0 Å². The van der Waals surface area contributed by atoms with Crippen molar-refractivity contribution in [2.24, 2.45) is 0 Å². The molecule has 0 amide bonds. The zero-order valence-electron chi connectivity index (χ0n) is 4.52. The van der Waals surface area contributed by atoms with Gasteiger partial charge < -0.3 is 0 Å². The maximum absolute atomic E-state index is 9.67. The van der Waals surface area contributed by atoms with Gasteiger partial charge in [0.15, 0.2) is 0 Å². The molecule has 0 radical (unpaired) electrons. The molecule has 0 aromatic carbocycles. The molecule has 0 rings (SSSR count). The van der Waals surface area contributed by atoms with Crippen LogP contribution in [0.3, 0.4) is 0 Å². The number of hydrogen-bond donors (Lipinski definition) is 0. The van der Waals surface area contributed by atoms with E-state index in [0.717, 1.165) is 12.8 Å². The predicted octanol–water partition coefficient (Wildman–Crippen LogP) is 0.768. The Kier molecular flexibility index (Phi) is 6.25. The summed E-state index contributed by atoms with van der Waals surface area (Å²) in [5.74, 6) is 0. The van der Waals surface area contributed by atoms with Crippen LogP contribution in [-0.4, -0.2) is 22.1 Å². The maximum atomic E-state index is 9.67. The number of unbranched alkanes of at least 4 members (excludes halogenated alkanes) is 1. The van der Waals surface area contributed by atoms with Crippen LogP contribution in [-0.2, 0) is 7.59 Å². The van der Waals surface area contributed by atoms with E-state index < -0.39 is 15.5 Å². The molecule has 0 spiro atoms. The van der Waals surface area contributed by atoms with E-state index in [1.54, 1.807) is 0 Å². The van der Waals surface area contributed by atoms with Crippen LogP contribution in [0.5, 0.6) is 0 Å². The molecule has 0 unspecified atom stereocenters. The second kappa shape index (κ2) is 6.13. The Labute approximate surface area is 50.1 Å². The first-order chi connectivity index (χ1) is 3.41. The summed E-state index contributed by atoms with van der Waals surface area (Å²) in [7, 11) is 0. The molecule has 0 saturated carbocycles. The minimum absolute atomic E-state index is 0.662. The summed E-state index contributed by atoms with van der Waals surface area (Å²) < 4.78 is 14.3. The molecule has 7 heavy (non-hydrogen) atoms. The normalized spacial score (nSPS) is 7.57. The molecule has 0 atom stereocenters. The Morgan fingerprint density at radius 1 is 1.71 bits per heavy atom. The Hall–Kier alpha value is 0.132. The molecule has 0 saturated heterocycles. The fourth-order valence-electron chi connectivity index (χ4n) is 0.276. The van der Waals surface area contributed by atoms with E-state index in [1.165, 1.54) is 0 Å². The van der Waals surface area contributed by atoms with E-state index in [9.17, 15) is 3.80 Å². The molecular formula is C4H9AlO2. The van der Waals surface area contributed by atoms with Crippen molar-refractivity contribution >= 4 is 15.5 Å². The van der Waals surface area contributed by atoms with Gasteiger partial charge >= 0.3 is 49.5 Å². The second-order valence-electron chi connectivity index (χ2n) is 1.32. The molecule has 0 aliphatic carbocycles. The summed E-state index contributed by atoms with van der Waals surface area (Å²) in [6, 6.07) is 0. The Bertz CT molecular complexity index is 47.0. The van der Waals surface area contributed by atoms with Gasteiger partial charge in [0.1, 0.15) is 0 Å². The van der Waals surface area contributed by atoms with E-state index in [1.807, 2.05) is 0 Å². The van der Waals surface area contributed by atoms with Crippen LogP contribution < -0.4 is 0 Å². The van der Waals surface area contributed by atoms with Crippen LogP contribution in [0.2, 0.25) is 0 Å². The van der Waals surface area contributed by atoms with Crippen LogP contribution in [0.1, 0.15) is 19.8 Å². The van der Waals surface area contributed by atoms with Crippen molar-refractivity contribution < 1.29 is 7.59 Å². The van der Waals surface area contributed by atoms with Gasteiger partial charge in [0.2, 0.25) is 0 Å². The van der Waals surface area contributed by atoms with E-state index in [2.05, 4.69) is 10.7 Å². The Morgan fingerprint density at radius 3 is 2.86 bits per heavy atom. The fourth-order valence-corrected chi connectivity index (χ4v) is 0.539. The van der Waals surface area contributed by atoms with Gasteiger partial charge in [0.25, 0.3) is 0 Å². The fraction of sp³-hybridized carbons (Fsp3) is 1.00. The average molecular weight is 116 g/mol. The van der Waals surface area contributed by atoms with Gasteiger partial charge in [-0.2, -0.15) is 0 Å². The molecule has 0 heterocycles. The van der Waals surface area contributed by atoms with Crippen molar-refractivity contribution in [3.63, 3.8) is 0 Å². The van der Waals surface area contributed by atoms with Gasteiger partial charge in [-0.3, -0.25) is 0 Å². The molecule has 2 nitrogen and oxygen atoms in total. The third-order valence-electron chi connectivity index (χ3n) is 0.684. The van der Waals surface area contributed by atoms with Gasteiger partial charge in [-0.1, -0.05) is 0 Å². The van der Waals surface area contributed by atoms with Crippen LogP contribution in [0, 0.1) is 0 Å². The Morgan fingerprint density at radius 2 is 2.43 bits per heavy atom. The third kappa shape index (κ3) is 6.13. The molecule has 0 fully saturated rings. The first-order valence-corrected chi connectivity index (χ1v) is 3.41. The Balaban J connectivity index is 2.56. The van der Waals surface area contributed by atoms with Crippen molar-refractivity contribution in [1.29, 1.82) is 0 Å². The SMILES string of the molecule is CCCC[O][Al]=[O]. The third-order valence-corrected chi connectivity index (χ3v) is 1.06. The van der Waals surface area contributed by atoms with Crippen LogP contribution in [0.15, 0.2) is 0 Å². The van der Waals surface area contributed by atoms with E-state index in [0.29, 0.717) is 6.61 Å². The zero-order chi connectivity index (χ0) is 5.54. The first-order valence-electron chi connectivity index (χ1n) is 2.47. The molecule has 0 aliphatic rings. The van der Waals surface area contributed by atoms with Crippen molar-refractivity contribution in [2.75, 3.05) is 6.61 Å². The van der Waals surface area contributed by atoms with Gasteiger partial charge in [-0.05, 0) is 0 Å². The topological polar surface area (TPSA) is 26.3 Å². The molecule has 40 valence electrons. The molecule has 0 N–H and O–H groups in total. The summed E-state index contributed by atoms with van der Waals surface area (Å²) in [6.45, 7) is 2.73. The molecule has 0 bridgehead atoms. The van der Waals surface area contributed by atoms with Crippen molar-refractivity contribution in [1.82, 2.24) is 0 Å². The van der Waals surface area contributed by atoms with Crippen LogP contribution >= 0.6 is 0 Å². The average Bonchev–Trinajstić information content (AvgIpc) is 1.69. The minimum atomic E-state index is -0.969. The van der Waals surface area contributed by atoms with Crippen molar-refractivity contribution in [3.05, 3.63) is 0 Å². The second-order valence-corrected chi connectivity index (χ2v) is 1.85. The molecular weight excluding hydrogens is 107 g/mol. The zero-order valence-corrected chi connectivity index (χ0v) is 5.67. The first kappa shape index (κ1) is 7.13. The summed E-state index contributed by atoms with van der Waals surface area (Å²) in [5, 5.41) is 0. The quantitative estimate of drug-likeness (QED) is 0.400. The molecule has 3 heteroatoms. The van der Waals surface area contributed by atoms with E-state index in [4.69, 9.17) is 0 Å². The van der Waals surface area contributed by atoms with Gasteiger partial charge in [-0.25, -0.2) is 0 Å². The van der Waals surface area contributed by atoms with Crippen molar-refractivity contribution in [3.8, 4) is 0 Å². The van der Waals surface area contributed by atoms with Crippen LogP contribution in [0.25, 0.3) is 0 Å². The summed E-state index contributed by atoms with van der Waals surface area (Å²) in [6.07, 6.45) is 2.13. The predicted molar refractivity (Wildman–Crippen MR) is 27.3 cm³/mol. The summed E-state index contributed by atoms with van der Waals surface area (Å²) in [4.78, 5) is 0. The number of hydrogen-bond acceptors (Lipinski definition) is 2.